The quantitative estimate of drug-likeness (QED) is 0.160. The van der Waals surface area contributed by atoms with Gasteiger partial charge in [-0.15, -0.1) is 0 Å². The number of aromatic nitrogens is 2. The highest BCUT2D eigenvalue weighted by Gasteiger charge is 2.46. The second-order valence-corrected chi connectivity index (χ2v) is 13.2. The van der Waals surface area contributed by atoms with Crippen molar-refractivity contribution in [2.75, 3.05) is 18.0 Å². The van der Waals surface area contributed by atoms with Crippen LogP contribution in [0.15, 0.2) is 91.0 Å². The van der Waals surface area contributed by atoms with Crippen LogP contribution < -0.4 is 4.90 Å². The number of esters is 1. The van der Waals surface area contributed by atoms with E-state index in [1.54, 1.807) is 0 Å². The normalized spacial score (nSPS) is 15.7. The summed E-state index contributed by atoms with van der Waals surface area (Å²) in [6, 6.07) is 28.2. The molecule has 0 saturated heterocycles. The molecule has 0 radical (unpaired) electrons. The number of benzene rings is 4. The highest BCUT2D eigenvalue weighted by Crippen LogP contribution is 2.49. The Balaban J connectivity index is 1.63. The first-order chi connectivity index (χ1) is 22.6. The van der Waals surface area contributed by atoms with E-state index in [9.17, 15) is 4.79 Å². The van der Waals surface area contributed by atoms with E-state index in [0.717, 1.165) is 79.8 Å². The lowest BCUT2D eigenvalue weighted by Crippen LogP contribution is -2.27. The number of hydrogen-bond acceptors (Lipinski definition) is 3. The third kappa shape index (κ3) is 4.78. The van der Waals surface area contributed by atoms with Gasteiger partial charge in [0.15, 0.2) is 5.60 Å². The van der Waals surface area contributed by atoms with Crippen molar-refractivity contribution in [2.45, 2.75) is 33.3 Å². The summed E-state index contributed by atoms with van der Waals surface area (Å²) in [6.45, 7) is 10.4. The van der Waals surface area contributed by atoms with E-state index < -0.39 is 5.60 Å². The van der Waals surface area contributed by atoms with E-state index in [0.29, 0.717) is 15.6 Å². The highest BCUT2D eigenvalue weighted by molar-refractivity contribution is 6.32. The molecule has 0 bridgehead atoms. The van der Waals surface area contributed by atoms with Gasteiger partial charge in [-0.05, 0) is 93.9 Å². The smallest absolute Gasteiger partial charge is 0.340 e. The number of cyclic esters (lactones) is 1. The minimum Gasteiger partial charge on any atom is -0.441 e. The monoisotopic (exact) mass is 661 g/mol. The van der Waals surface area contributed by atoms with Crippen LogP contribution in [0, 0.1) is 13.8 Å². The Bertz CT molecular complexity index is 2140. The van der Waals surface area contributed by atoms with Crippen LogP contribution in [0.4, 0.5) is 5.69 Å². The third-order valence-electron chi connectivity index (χ3n) is 10.0. The van der Waals surface area contributed by atoms with Gasteiger partial charge in [-0.3, -0.25) is 0 Å². The predicted molar refractivity (Wildman–Crippen MR) is 195 cm³/mol. The summed E-state index contributed by atoms with van der Waals surface area (Å²) in [5, 5.41) is 3.35. The van der Waals surface area contributed by atoms with Crippen molar-refractivity contribution in [3.8, 4) is 0 Å². The first-order valence-corrected chi connectivity index (χ1v) is 16.8. The van der Waals surface area contributed by atoms with Crippen molar-refractivity contribution in [1.29, 1.82) is 0 Å². The van der Waals surface area contributed by atoms with E-state index in [2.05, 4.69) is 98.3 Å². The molecule has 47 heavy (non-hydrogen) atoms. The van der Waals surface area contributed by atoms with Gasteiger partial charge in [0.05, 0.1) is 5.56 Å². The second kappa shape index (κ2) is 11.7. The van der Waals surface area contributed by atoms with Gasteiger partial charge in [-0.2, -0.15) is 0 Å². The summed E-state index contributed by atoms with van der Waals surface area (Å²) in [4.78, 5) is 16.0. The van der Waals surface area contributed by atoms with Gasteiger partial charge in [0, 0.05) is 98.4 Å². The average molecular weight is 663 g/mol. The molecule has 0 fully saturated rings. The second-order valence-electron chi connectivity index (χ2n) is 12.3. The van der Waals surface area contributed by atoms with E-state index in [4.69, 9.17) is 27.9 Å². The van der Waals surface area contributed by atoms with E-state index in [1.807, 2.05) is 48.5 Å². The van der Waals surface area contributed by atoms with Gasteiger partial charge >= 0.3 is 5.97 Å². The number of ether oxygens (including phenoxy) is 1. The zero-order chi connectivity index (χ0) is 33.2. The summed E-state index contributed by atoms with van der Waals surface area (Å²) in [6.07, 6.45) is 2.16. The molecule has 2 aromatic heterocycles. The fourth-order valence-corrected chi connectivity index (χ4v) is 7.74. The molecule has 4 aromatic carbocycles. The number of carbonyl (C=O) groups excluding carboxylic acids is 1. The predicted octanol–water partition coefficient (Wildman–Crippen LogP) is 9.99. The first kappa shape index (κ1) is 31.2. The molecule has 5 nitrogen and oxygen atoms in total. The lowest BCUT2D eigenvalue weighted by atomic mass is 9.81. The van der Waals surface area contributed by atoms with Crippen LogP contribution >= 0.6 is 23.2 Å². The van der Waals surface area contributed by atoms with Gasteiger partial charge in [0.25, 0.3) is 0 Å². The molecule has 1 unspecified atom stereocenters. The fraction of sp³-hybridized carbons (Fsp3) is 0.225. The maximum atomic E-state index is 13.7. The molecule has 238 valence electrons. The SMILES string of the molecule is CCN(CC)c1ccc(C2(C=C(c3c(C)n(C)c4ccc(Cl)cc34)c3c(C)n(C)c4ccc(Cl)cc34)OC(=O)c3ccccc32)cc1. The summed E-state index contributed by atoms with van der Waals surface area (Å²) < 4.78 is 11.0. The Hall–Kier alpha value is -4.45. The summed E-state index contributed by atoms with van der Waals surface area (Å²) >= 11 is 13.3. The van der Waals surface area contributed by atoms with Gasteiger partial charge < -0.3 is 18.8 Å². The maximum Gasteiger partial charge on any atom is 0.340 e. The topological polar surface area (TPSA) is 39.4 Å². The van der Waals surface area contributed by atoms with Gasteiger partial charge in [0.2, 0.25) is 0 Å². The number of fused-ring (bicyclic) bond motifs is 3. The molecule has 0 aliphatic carbocycles. The number of anilines is 1. The van der Waals surface area contributed by atoms with Gasteiger partial charge in [-0.1, -0.05) is 53.5 Å². The van der Waals surface area contributed by atoms with E-state index >= 15 is 0 Å². The summed E-state index contributed by atoms with van der Waals surface area (Å²) in [5.74, 6) is -0.348. The number of rotatable bonds is 7. The van der Waals surface area contributed by atoms with Crippen molar-refractivity contribution in [3.05, 3.63) is 140 Å². The fourth-order valence-electron chi connectivity index (χ4n) is 7.40. The zero-order valence-corrected chi connectivity index (χ0v) is 29.0. The molecule has 7 rings (SSSR count). The Morgan fingerprint density at radius 2 is 1.32 bits per heavy atom. The van der Waals surface area contributed by atoms with Crippen LogP contribution in [-0.4, -0.2) is 28.2 Å². The average Bonchev–Trinajstić information content (AvgIpc) is 3.60. The van der Waals surface area contributed by atoms with Crippen LogP contribution in [0.25, 0.3) is 27.4 Å². The number of carbonyl (C=O) groups is 1. The first-order valence-electron chi connectivity index (χ1n) is 16.0. The largest absolute Gasteiger partial charge is 0.441 e. The van der Waals surface area contributed by atoms with Crippen LogP contribution in [0.1, 0.15) is 57.8 Å². The van der Waals surface area contributed by atoms with E-state index in [-0.39, 0.29) is 5.97 Å². The lowest BCUT2D eigenvalue weighted by molar-refractivity contribution is 0.0276. The van der Waals surface area contributed by atoms with Crippen molar-refractivity contribution >= 4 is 62.2 Å². The molecule has 7 heteroatoms. The molecule has 1 aliphatic rings. The number of hydrogen-bond donors (Lipinski definition) is 0. The molecule has 0 amide bonds. The Morgan fingerprint density at radius 1 is 0.787 bits per heavy atom. The lowest BCUT2D eigenvalue weighted by Gasteiger charge is -2.29. The van der Waals surface area contributed by atoms with Crippen LogP contribution in [0.5, 0.6) is 0 Å². The molecule has 6 aromatic rings. The van der Waals surface area contributed by atoms with Crippen molar-refractivity contribution in [2.24, 2.45) is 14.1 Å². The summed E-state index contributed by atoms with van der Waals surface area (Å²) in [5.41, 5.74) is 9.41. The minimum atomic E-state index is -1.20. The molecular formula is C40H37Cl2N3O2. The standard InChI is InChI=1S/C40H37Cl2N3O2/c1-7-45(8-2)29-17-13-26(14-18-29)40(34-12-10-9-11-30(34)39(46)47-40)23-33(37-24(3)43(5)35-19-15-27(41)21-31(35)37)38-25(4)44(6)36-20-16-28(42)22-32(36)38/h9-23H,7-8H2,1-6H3. The highest BCUT2D eigenvalue weighted by atomic mass is 35.5. The molecule has 1 aliphatic heterocycles. The van der Waals surface area contributed by atoms with Crippen molar-refractivity contribution in [1.82, 2.24) is 9.13 Å². The van der Waals surface area contributed by atoms with Crippen molar-refractivity contribution in [3.63, 3.8) is 0 Å². The third-order valence-corrected chi connectivity index (χ3v) is 10.5. The molecule has 3 heterocycles. The Labute approximate surface area is 285 Å². The molecule has 0 N–H and O–H groups in total. The number of nitrogens with zero attached hydrogens (tertiary/aromatic N) is 3. The molecular weight excluding hydrogens is 625 g/mol. The Morgan fingerprint density at radius 3 is 1.85 bits per heavy atom. The zero-order valence-electron chi connectivity index (χ0n) is 27.5. The van der Waals surface area contributed by atoms with Crippen LogP contribution in [-0.2, 0) is 24.4 Å². The van der Waals surface area contributed by atoms with Crippen molar-refractivity contribution < 1.29 is 9.53 Å². The number of halogens is 2. The van der Waals surface area contributed by atoms with Crippen LogP contribution in [0.3, 0.4) is 0 Å². The molecule has 1 atom stereocenters. The minimum absolute atomic E-state index is 0.348. The molecule has 0 spiro atoms. The number of aryl methyl sites for hydroxylation is 2. The van der Waals surface area contributed by atoms with Gasteiger partial charge in [-0.25, -0.2) is 4.79 Å². The van der Waals surface area contributed by atoms with Crippen LogP contribution in [0.2, 0.25) is 10.0 Å². The molecule has 0 saturated carbocycles. The van der Waals surface area contributed by atoms with E-state index in [1.165, 1.54) is 0 Å². The maximum absolute atomic E-state index is 13.7. The Kier molecular flexibility index (Phi) is 7.73. The van der Waals surface area contributed by atoms with Gasteiger partial charge in [0.1, 0.15) is 0 Å². The summed E-state index contributed by atoms with van der Waals surface area (Å²) in [7, 11) is 4.15.